The normalized spacial score (nSPS) is 14.3. The number of ether oxygens (including phenoxy) is 1. The first-order valence-corrected chi connectivity index (χ1v) is 10.2. The largest absolute Gasteiger partial charge is 0.493 e. The van der Waals surface area contributed by atoms with Gasteiger partial charge in [0, 0.05) is 37.5 Å². The first-order valence-electron chi connectivity index (χ1n) is 9.36. The molecule has 1 aliphatic heterocycles. The molecule has 1 aliphatic rings. The molecule has 0 bridgehead atoms. The molecular weight excluding hydrogens is 360 g/mol. The summed E-state index contributed by atoms with van der Waals surface area (Å²) in [6.45, 7) is 6.95. The first-order chi connectivity index (χ1) is 13.0. The van der Waals surface area contributed by atoms with Crippen molar-refractivity contribution in [1.29, 1.82) is 0 Å². The van der Waals surface area contributed by atoms with Gasteiger partial charge < -0.3 is 14.5 Å². The van der Waals surface area contributed by atoms with Gasteiger partial charge in [-0.05, 0) is 44.0 Å². The van der Waals surface area contributed by atoms with Crippen LogP contribution in [0.4, 0.5) is 0 Å². The van der Waals surface area contributed by atoms with Crippen molar-refractivity contribution in [3.8, 4) is 5.75 Å². The molecule has 3 rings (SSSR count). The third kappa shape index (κ3) is 5.10. The van der Waals surface area contributed by atoms with Crippen molar-refractivity contribution in [1.82, 2.24) is 9.80 Å². The highest BCUT2D eigenvalue weighted by Crippen LogP contribution is 2.19. The summed E-state index contributed by atoms with van der Waals surface area (Å²) in [5.41, 5.74) is 1.10. The van der Waals surface area contributed by atoms with E-state index in [1.807, 2.05) is 60.0 Å². The Balaban J connectivity index is 1.38. The Morgan fingerprint density at radius 2 is 1.70 bits per heavy atom. The SMILES string of the molecule is Cc1ccc(C(=O)N2CCN(C(=O)CCCOc3ccccc3C)CC2)s1. The summed E-state index contributed by atoms with van der Waals surface area (Å²) in [6, 6.07) is 11.7. The lowest BCUT2D eigenvalue weighted by molar-refractivity contribution is -0.132. The van der Waals surface area contributed by atoms with Crippen LogP contribution in [0.25, 0.3) is 0 Å². The number of thiophene rings is 1. The fraction of sp³-hybridized carbons (Fsp3) is 0.429. The van der Waals surface area contributed by atoms with E-state index in [1.165, 1.54) is 11.3 Å². The number of carbonyl (C=O) groups excluding carboxylic acids is 2. The van der Waals surface area contributed by atoms with Gasteiger partial charge in [-0.15, -0.1) is 11.3 Å². The van der Waals surface area contributed by atoms with Crippen LogP contribution in [0.2, 0.25) is 0 Å². The number of benzene rings is 1. The van der Waals surface area contributed by atoms with E-state index in [4.69, 9.17) is 4.74 Å². The second-order valence-electron chi connectivity index (χ2n) is 6.80. The van der Waals surface area contributed by atoms with Crippen LogP contribution in [0.15, 0.2) is 36.4 Å². The maximum atomic E-state index is 12.5. The summed E-state index contributed by atoms with van der Waals surface area (Å²) in [4.78, 5) is 30.5. The van der Waals surface area contributed by atoms with Crippen molar-refractivity contribution in [2.75, 3.05) is 32.8 Å². The van der Waals surface area contributed by atoms with Gasteiger partial charge >= 0.3 is 0 Å². The minimum absolute atomic E-state index is 0.0758. The van der Waals surface area contributed by atoms with Crippen LogP contribution >= 0.6 is 11.3 Å². The summed E-state index contributed by atoms with van der Waals surface area (Å²) in [7, 11) is 0. The van der Waals surface area contributed by atoms with Crippen LogP contribution in [0.3, 0.4) is 0 Å². The number of hydrogen-bond donors (Lipinski definition) is 0. The average Bonchev–Trinajstić information content (AvgIpc) is 3.12. The zero-order valence-corrected chi connectivity index (χ0v) is 16.8. The average molecular weight is 387 g/mol. The molecule has 0 N–H and O–H groups in total. The molecule has 0 unspecified atom stereocenters. The minimum Gasteiger partial charge on any atom is -0.493 e. The fourth-order valence-corrected chi connectivity index (χ4v) is 3.98. The number of aryl methyl sites for hydroxylation is 2. The Bertz CT molecular complexity index is 794. The number of para-hydroxylation sites is 1. The molecule has 0 spiro atoms. The quantitative estimate of drug-likeness (QED) is 0.714. The summed E-state index contributed by atoms with van der Waals surface area (Å²) >= 11 is 1.52. The van der Waals surface area contributed by atoms with E-state index in [0.717, 1.165) is 21.1 Å². The van der Waals surface area contributed by atoms with Crippen LogP contribution < -0.4 is 4.74 Å². The molecule has 5 nitrogen and oxygen atoms in total. The van der Waals surface area contributed by atoms with Crippen LogP contribution in [0.1, 0.15) is 33.0 Å². The van der Waals surface area contributed by atoms with Gasteiger partial charge in [-0.25, -0.2) is 0 Å². The van der Waals surface area contributed by atoms with Crippen molar-refractivity contribution in [2.24, 2.45) is 0 Å². The number of carbonyl (C=O) groups is 2. The Morgan fingerprint density at radius 3 is 2.37 bits per heavy atom. The Kier molecular flexibility index (Phi) is 6.50. The van der Waals surface area contributed by atoms with Gasteiger partial charge in [-0.1, -0.05) is 18.2 Å². The Labute approximate surface area is 164 Å². The van der Waals surface area contributed by atoms with Gasteiger partial charge in [0.05, 0.1) is 11.5 Å². The highest BCUT2D eigenvalue weighted by Gasteiger charge is 2.25. The number of rotatable bonds is 6. The molecule has 2 aromatic rings. The van der Waals surface area contributed by atoms with Gasteiger partial charge in [0.15, 0.2) is 0 Å². The molecular formula is C21H26N2O3S. The predicted molar refractivity (Wildman–Crippen MR) is 107 cm³/mol. The lowest BCUT2D eigenvalue weighted by atomic mass is 10.2. The van der Waals surface area contributed by atoms with Crippen LogP contribution in [-0.2, 0) is 4.79 Å². The maximum absolute atomic E-state index is 12.5. The van der Waals surface area contributed by atoms with E-state index < -0.39 is 0 Å². The van der Waals surface area contributed by atoms with Crippen LogP contribution in [-0.4, -0.2) is 54.4 Å². The standard InChI is InChI=1S/C21H26N2O3S/c1-16-6-3-4-7-18(16)26-15-5-8-20(24)22-11-13-23(14-12-22)21(25)19-10-9-17(2)27-19/h3-4,6-7,9-10H,5,8,11-15H2,1-2H3. The molecule has 1 aromatic heterocycles. The van der Waals surface area contributed by atoms with E-state index in [1.54, 1.807) is 0 Å². The third-order valence-electron chi connectivity index (χ3n) is 4.76. The number of hydrogen-bond acceptors (Lipinski definition) is 4. The van der Waals surface area contributed by atoms with Crippen molar-refractivity contribution in [3.05, 3.63) is 51.7 Å². The first kappa shape index (κ1) is 19.4. The predicted octanol–water partition coefficient (Wildman–Crippen LogP) is 3.51. The molecule has 0 aliphatic carbocycles. The second-order valence-corrected chi connectivity index (χ2v) is 8.09. The van der Waals surface area contributed by atoms with Gasteiger partial charge in [-0.3, -0.25) is 9.59 Å². The van der Waals surface area contributed by atoms with Crippen molar-refractivity contribution in [2.45, 2.75) is 26.7 Å². The van der Waals surface area contributed by atoms with E-state index in [-0.39, 0.29) is 11.8 Å². The zero-order chi connectivity index (χ0) is 19.2. The number of piperazine rings is 1. The zero-order valence-electron chi connectivity index (χ0n) is 15.9. The molecule has 0 radical (unpaired) electrons. The van der Waals surface area contributed by atoms with E-state index in [0.29, 0.717) is 45.6 Å². The molecule has 2 amide bonds. The molecule has 1 saturated heterocycles. The molecule has 0 atom stereocenters. The lowest BCUT2D eigenvalue weighted by Crippen LogP contribution is -2.50. The molecule has 1 fully saturated rings. The monoisotopic (exact) mass is 386 g/mol. The fourth-order valence-electron chi connectivity index (χ4n) is 3.15. The molecule has 27 heavy (non-hydrogen) atoms. The Morgan fingerprint density at radius 1 is 1.00 bits per heavy atom. The van der Waals surface area contributed by atoms with Crippen molar-refractivity contribution in [3.63, 3.8) is 0 Å². The molecule has 1 aromatic carbocycles. The smallest absolute Gasteiger partial charge is 0.264 e. The van der Waals surface area contributed by atoms with E-state index >= 15 is 0 Å². The molecule has 144 valence electrons. The van der Waals surface area contributed by atoms with E-state index in [2.05, 4.69) is 0 Å². The summed E-state index contributed by atoms with van der Waals surface area (Å²) in [5.74, 6) is 1.09. The number of nitrogens with zero attached hydrogens (tertiary/aromatic N) is 2. The highest BCUT2D eigenvalue weighted by atomic mass is 32.1. The van der Waals surface area contributed by atoms with E-state index in [9.17, 15) is 9.59 Å². The van der Waals surface area contributed by atoms with Crippen molar-refractivity contribution >= 4 is 23.2 Å². The third-order valence-corrected chi connectivity index (χ3v) is 5.75. The van der Waals surface area contributed by atoms with Gasteiger partial charge in [-0.2, -0.15) is 0 Å². The van der Waals surface area contributed by atoms with Crippen LogP contribution in [0.5, 0.6) is 5.75 Å². The number of amides is 2. The maximum Gasteiger partial charge on any atom is 0.264 e. The highest BCUT2D eigenvalue weighted by molar-refractivity contribution is 7.13. The van der Waals surface area contributed by atoms with Crippen LogP contribution in [0, 0.1) is 13.8 Å². The molecule has 0 saturated carbocycles. The molecule has 2 heterocycles. The van der Waals surface area contributed by atoms with Crippen molar-refractivity contribution < 1.29 is 14.3 Å². The van der Waals surface area contributed by atoms with Gasteiger partial charge in [0.1, 0.15) is 5.75 Å². The topological polar surface area (TPSA) is 49.9 Å². The summed E-state index contributed by atoms with van der Waals surface area (Å²) < 4.78 is 5.75. The Hall–Kier alpha value is -2.34. The summed E-state index contributed by atoms with van der Waals surface area (Å²) in [6.07, 6.45) is 1.17. The van der Waals surface area contributed by atoms with Gasteiger partial charge in [0.2, 0.25) is 5.91 Å². The van der Waals surface area contributed by atoms with Gasteiger partial charge in [0.25, 0.3) is 5.91 Å². The minimum atomic E-state index is 0.0758. The molecule has 6 heteroatoms. The lowest BCUT2D eigenvalue weighted by Gasteiger charge is -2.34. The second kappa shape index (κ2) is 9.04. The summed E-state index contributed by atoms with van der Waals surface area (Å²) in [5, 5.41) is 0.